The summed E-state index contributed by atoms with van der Waals surface area (Å²) in [6.07, 6.45) is 0.780. The molecule has 0 bridgehead atoms. The normalized spacial score (nSPS) is 16.7. The number of rotatable bonds is 5. The van der Waals surface area contributed by atoms with E-state index in [2.05, 4.69) is 0 Å². The van der Waals surface area contributed by atoms with Gasteiger partial charge in [-0.3, -0.25) is 9.59 Å². The summed E-state index contributed by atoms with van der Waals surface area (Å²) < 4.78 is 5.88. The largest absolute Gasteiger partial charge is 0.492 e. The standard InChI is InChI=1S/C21H23ClN2O3/c1-14-10-17(11-15(2)20(14)22)27-9-8-24-19-7-5-4-6-18(19)23(13-25)12-16(3)21(24)26/h4-7,10-11,13,16H,8-9,12H2,1-3H3. The third kappa shape index (κ3) is 3.93. The van der Waals surface area contributed by atoms with Crippen molar-refractivity contribution in [2.45, 2.75) is 20.8 Å². The van der Waals surface area contributed by atoms with Gasteiger partial charge >= 0.3 is 0 Å². The molecule has 5 nitrogen and oxygen atoms in total. The third-order valence-corrected chi connectivity index (χ3v) is 5.36. The van der Waals surface area contributed by atoms with Crippen molar-refractivity contribution in [2.24, 2.45) is 5.92 Å². The summed E-state index contributed by atoms with van der Waals surface area (Å²) in [7, 11) is 0. The van der Waals surface area contributed by atoms with E-state index in [9.17, 15) is 9.59 Å². The van der Waals surface area contributed by atoms with E-state index in [1.807, 2.05) is 57.2 Å². The minimum atomic E-state index is -0.289. The molecule has 1 unspecified atom stereocenters. The number of hydrogen-bond donors (Lipinski definition) is 0. The van der Waals surface area contributed by atoms with Crippen molar-refractivity contribution in [3.8, 4) is 5.75 Å². The lowest BCUT2D eigenvalue weighted by Gasteiger charge is -2.24. The van der Waals surface area contributed by atoms with Gasteiger partial charge in [0.25, 0.3) is 0 Å². The lowest BCUT2D eigenvalue weighted by Crippen LogP contribution is -2.38. The number of hydrogen-bond acceptors (Lipinski definition) is 3. The van der Waals surface area contributed by atoms with Crippen molar-refractivity contribution < 1.29 is 14.3 Å². The second-order valence-corrected chi connectivity index (χ2v) is 7.23. The van der Waals surface area contributed by atoms with E-state index in [0.717, 1.165) is 39.7 Å². The number of halogens is 1. The number of benzene rings is 2. The van der Waals surface area contributed by atoms with Crippen LogP contribution in [0.25, 0.3) is 0 Å². The van der Waals surface area contributed by atoms with E-state index < -0.39 is 0 Å². The first-order valence-electron chi connectivity index (χ1n) is 8.94. The van der Waals surface area contributed by atoms with Gasteiger partial charge in [-0.1, -0.05) is 30.7 Å². The van der Waals surface area contributed by atoms with Crippen LogP contribution in [0.5, 0.6) is 5.75 Å². The second-order valence-electron chi connectivity index (χ2n) is 6.86. The average Bonchev–Trinajstić information content (AvgIpc) is 2.76. The Bertz CT molecular complexity index is 845. The molecule has 0 aliphatic carbocycles. The van der Waals surface area contributed by atoms with Gasteiger partial charge in [0, 0.05) is 11.6 Å². The van der Waals surface area contributed by atoms with Crippen molar-refractivity contribution in [1.29, 1.82) is 0 Å². The van der Waals surface area contributed by atoms with E-state index in [1.54, 1.807) is 9.80 Å². The zero-order chi connectivity index (χ0) is 19.6. The summed E-state index contributed by atoms with van der Waals surface area (Å²) in [5.74, 6) is 0.425. The van der Waals surface area contributed by atoms with Gasteiger partial charge in [-0.25, -0.2) is 0 Å². The van der Waals surface area contributed by atoms with Crippen LogP contribution in [0.3, 0.4) is 0 Å². The summed E-state index contributed by atoms with van der Waals surface area (Å²) in [5, 5.41) is 0.738. The van der Waals surface area contributed by atoms with Crippen molar-refractivity contribution in [3.63, 3.8) is 0 Å². The molecule has 1 heterocycles. The van der Waals surface area contributed by atoms with E-state index in [4.69, 9.17) is 16.3 Å². The molecule has 0 aromatic heterocycles. The summed E-state index contributed by atoms with van der Waals surface area (Å²) in [5.41, 5.74) is 3.38. The number of amides is 2. The second kappa shape index (κ2) is 8.01. The average molecular weight is 387 g/mol. The van der Waals surface area contributed by atoms with Gasteiger partial charge < -0.3 is 14.5 Å². The number of anilines is 2. The minimum absolute atomic E-state index is 0.0149. The SMILES string of the molecule is Cc1cc(OCCN2C(=O)C(C)CN(C=O)c3ccccc32)cc(C)c1Cl. The van der Waals surface area contributed by atoms with Crippen molar-refractivity contribution in [2.75, 3.05) is 29.5 Å². The van der Waals surface area contributed by atoms with Crippen LogP contribution in [-0.4, -0.2) is 32.0 Å². The van der Waals surface area contributed by atoms with E-state index in [1.165, 1.54) is 0 Å². The highest BCUT2D eigenvalue weighted by Crippen LogP contribution is 2.33. The lowest BCUT2D eigenvalue weighted by atomic mass is 10.1. The molecule has 2 aromatic rings. The number of para-hydroxylation sites is 2. The molecule has 3 rings (SSSR count). The highest BCUT2D eigenvalue weighted by Gasteiger charge is 2.30. The van der Waals surface area contributed by atoms with Gasteiger partial charge in [0.15, 0.2) is 0 Å². The van der Waals surface area contributed by atoms with Crippen LogP contribution in [0, 0.1) is 19.8 Å². The number of aryl methyl sites for hydroxylation is 2. The van der Waals surface area contributed by atoms with Crippen LogP contribution in [-0.2, 0) is 9.59 Å². The zero-order valence-corrected chi connectivity index (χ0v) is 16.5. The first-order chi connectivity index (χ1) is 12.9. The summed E-state index contributed by atoms with van der Waals surface area (Å²) in [6.45, 7) is 6.82. The molecule has 1 aliphatic heterocycles. The molecule has 27 heavy (non-hydrogen) atoms. The molecule has 0 spiro atoms. The maximum Gasteiger partial charge on any atom is 0.231 e. The van der Waals surface area contributed by atoms with Crippen molar-refractivity contribution in [3.05, 3.63) is 52.5 Å². The fourth-order valence-electron chi connectivity index (χ4n) is 3.37. The molecule has 6 heteroatoms. The van der Waals surface area contributed by atoms with Crippen LogP contribution in [0.1, 0.15) is 18.1 Å². The number of ether oxygens (including phenoxy) is 1. The van der Waals surface area contributed by atoms with E-state index in [0.29, 0.717) is 19.7 Å². The Hall–Kier alpha value is -2.53. The van der Waals surface area contributed by atoms with Gasteiger partial charge in [0.2, 0.25) is 12.3 Å². The zero-order valence-electron chi connectivity index (χ0n) is 15.7. The highest BCUT2D eigenvalue weighted by molar-refractivity contribution is 6.32. The molecule has 0 saturated carbocycles. The van der Waals surface area contributed by atoms with Crippen LogP contribution in [0.2, 0.25) is 5.02 Å². The lowest BCUT2D eigenvalue weighted by molar-refractivity contribution is -0.121. The molecule has 1 aliphatic rings. The van der Waals surface area contributed by atoms with Crippen LogP contribution >= 0.6 is 11.6 Å². The molecule has 0 radical (unpaired) electrons. The Morgan fingerprint density at radius 3 is 2.44 bits per heavy atom. The molecule has 2 aromatic carbocycles. The molecule has 142 valence electrons. The Balaban J connectivity index is 1.80. The Morgan fingerprint density at radius 2 is 1.81 bits per heavy atom. The third-order valence-electron chi connectivity index (χ3n) is 4.76. The number of fused-ring (bicyclic) bond motifs is 1. The maximum atomic E-state index is 12.9. The smallest absolute Gasteiger partial charge is 0.231 e. The van der Waals surface area contributed by atoms with Crippen molar-refractivity contribution in [1.82, 2.24) is 0 Å². The first-order valence-corrected chi connectivity index (χ1v) is 9.32. The van der Waals surface area contributed by atoms with Gasteiger partial charge in [0.05, 0.1) is 23.8 Å². The van der Waals surface area contributed by atoms with Crippen molar-refractivity contribution >= 4 is 35.3 Å². The quantitative estimate of drug-likeness (QED) is 0.730. The molecule has 0 N–H and O–H groups in total. The minimum Gasteiger partial charge on any atom is -0.492 e. The predicted octanol–water partition coefficient (Wildman–Crippen LogP) is 3.98. The highest BCUT2D eigenvalue weighted by atomic mass is 35.5. The molecule has 1 atom stereocenters. The van der Waals surface area contributed by atoms with Crippen LogP contribution in [0.15, 0.2) is 36.4 Å². The Kier molecular flexibility index (Phi) is 5.71. The predicted molar refractivity (Wildman–Crippen MR) is 108 cm³/mol. The molecular formula is C21H23ClN2O3. The molecular weight excluding hydrogens is 364 g/mol. The fraction of sp³-hybridized carbons (Fsp3) is 0.333. The Labute approximate surface area is 164 Å². The molecule has 2 amide bonds. The first kappa shape index (κ1) is 19.2. The van der Waals surface area contributed by atoms with Gasteiger partial charge in [0.1, 0.15) is 12.4 Å². The fourth-order valence-corrected chi connectivity index (χ4v) is 3.48. The summed E-state index contributed by atoms with van der Waals surface area (Å²) >= 11 is 6.20. The number of nitrogens with zero attached hydrogens (tertiary/aromatic N) is 2. The molecule has 0 fully saturated rings. The number of carbonyl (C=O) groups is 2. The van der Waals surface area contributed by atoms with Gasteiger partial charge in [-0.15, -0.1) is 0 Å². The number of carbonyl (C=O) groups excluding carboxylic acids is 2. The van der Waals surface area contributed by atoms with Gasteiger partial charge in [-0.2, -0.15) is 0 Å². The topological polar surface area (TPSA) is 49.9 Å². The van der Waals surface area contributed by atoms with Crippen LogP contribution < -0.4 is 14.5 Å². The maximum absolute atomic E-state index is 12.9. The van der Waals surface area contributed by atoms with Gasteiger partial charge in [-0.05, 0) is 49.2 Å². The molecule has 0 saturated heterocycles. The summed E-state index contributed by atoms with van der Waals surface area (Å²) in [6, 6.07) is 11.2. The van der Waals surface area contributed by atoms with E-state index in [-0.39, 0.29) is 11.8 Å². The van der Waals surface area contributed by atoms with E-state index >= 15 is 0 Å². The Morgan fingerprint density at radius 1 is 1.19 bits per heavy atom. The monoisotopic (exact) mass is 386 g/mol. The van der Waals surface area contributed by atoms with Crippen LogP contribution in [0.4, 0.5) is 11.4 Å². The summed E-state index contributed by atoms with van der Waals surface area (Å²) in [4.78, 5) is 27.7.